The van der Waals surface area contributed by atoms with Crippen LogP contribution in [0.25, 0.3) is 0 Å². The fourth-order valence-corrected chi connectivity index (χ4v) is 4.48. The molecule has 0 saturated carbocycles. The predicted molar refractivity (Wildman–Crippen MR) is 101 cm³/mol. The Balaban J connectivity index is 2.23. The minimum absolute atomic E-state index is 0.0385. The van der Waals surface area contributed by atoms with E-state index < -0.39 is 54.4 Å². The van der Waals surface area contributed by atoms with E-state index in [-0.39, 0.29) is 24.8 Å². The molecule has 1 aromatic rings. The lowest BCUT2D eigenvalue weighted by Gasteiger charge is -2.37. The third-order valence-electron chi connectivity index (χ3n) is 5.53. The number of alkyl halides is 1. The molecule has 11 heteroatoms. The van der Waals surface area contributed by atoms with E-state index in [1.54, 1.807) is 6.92 Å². The molecule has 1 aromatic heterocycles. The van der Waals surface area contributed by atoms with Gasteiger partial charge in [-0.2, -0.15) is 0 Å². The van der Waals surface area contributed by atoms with Crippen molar-refractivity contribution < 1.29 is 37.7 Å². The van der Waals surface area contributed by atoms with Gasteiger partial charge in [-0.15, -0.1) is 0 Å². The molecule has 0 aliphatic carbocycles. The molecular formula is C18H28F2NO7P. The van der Waals surface area contributed by atoms with Crippen LogP contribution in [0.1, 0.15) is 58.6 Å². The number of aromatic amines is 1. The molecule has 0 radical (unpaired) electrons. The summed E-state index contributed by atoms with van der Waals surface area (Å²) in [6.07, 6.45) is -5.31. The Kier molecular flexibility index (Phi) is 7.09. The number of aliphatic hydroxyl groups excluding tert-OH is 1. The number of pyridine rings is 1. The third kappa shape index (κ3) is 4.95. The SMILES string of the molecule is CCC(C)(CC1OC(c2c[nH]c(=O)cc2F)C(F)C1O)OP(=O)(O)C(C)(O)CC. The van der Waals surface area contributed by atoms with E-state index in [4.69, 9.17) is 9.26 Å². The molecule has 1 saturated heterocycles. The van der Waals surface area contributed by atoms with Crippen LogP contribution in [0.4, 0.5) is 8.78 Å². The first-order valence-corrected chi connectivity index (χ1v) is 11.0. The average Bonchev–Trinajstić information content (AvgIpc) is 2.89. The highest BCUT2D eigenvalue weighted by Crippen LogP contribution is 2.59. The van der Waals surface area contributed by atoms with Crippen LogP contribution in [-0.4, -0.2) is 49.4 Å². The Hall–Kier alpha value is -1.16. The monoisotopic (exact) mass is 439 g/mol. The maximum atomic E-state index is 14.6. The zero-order valence-corrected chi connectivity index (χ0v) is 17.7. The molecule has 1 aliphatic heterocycles. The van der Waals surface area contributed by atoms with Crippen LogP contribution in [-0.2, 0) is 13.8 Å². The van der Waals surface area contributed by atoms with E-state index in [1.165, 1.54) is 20.8 Å². The molecule has 7 unspecified atom stereocenters. The Morgan fingerprint density at radius 1 is 1.34 bits per heavy atom. The average molecular weight is 439 g/mol. The van der Waals surface area contributed by atoms with Crippen LogP contribution >= 0.6 is 7.60 Å². The van der Waals surface area contributed by atoms with Crippen molar-refractivity contribution in [2.75, 3.05) is 0 Å². The van der Waals surface area contributed by atoms with Crippen LogP contribution in [0.5, 0.6) is 0 Å². The Bertz CT molecular complexity index is 833. The highest BCUT2D eigenvalue weighted by molar-refractivity contribution is 7.54. The van der Waals surface area contributed by atoms with E-state index in [1.807, 2.05) is 0 Å². The molecular weight excluding hydrogens is 411 g/mol. The lowest BCUT2D eigenvalue weighted by atomic mass is 9.92. The minimum atomic E-state index is -4.49. The second-order valence-corrected chi connectivity index (χ2v) is 10.0. The van der Waals surface area contributed by atoms with Crippen molar-refractivity contribution >= 4 is 7.60 Å². The van der Waals surface area contributed by atoms with Crippen LogP contribution in [0.15, 0.2) is 17.1 Å². The number of rotatable bonds is 8. The molecule has 2 rings (SSSR count). The van der Waals surface area contributed by atoms with E-state index in [9.17, 15) is 33.2 Å². The van der Waals surface area contributed by atoms with Gasteiger partial charge < -0.3 is 29.4 Å². The maximum Gasteiger partial charge on any atom is 0.359 e. The Morgan fingerprint density at radius 2 is 1.97 bits per heavy atom. The van der Waals surface area contributed by atoms with Gasteiger partial charge in [-0.25, -0.2) is 8.78 Å². The number of nitrogens with one attached hydrogen (secondary N) is 1. The van der Waals surface area contributed by atoms with Crippen molar-refractivity contribution in [2.45, 2.75) is 82.4 Å². The summed E-state index contributed by atoms with van der Waals surface area (Å²) >= 11 is 0. The summed E-state index contributed by atoms with van der Waals surface area (Å²) in [5.41, 5.74) is -2.29. The molecule has 1 fully saturated rings. The number of aliphatic hydroxyl groups is 2. The van der Waals surface area contributed by atoms with Crippen LogP contribution in [0.2, 0.25) is 0 Å². The summed E-state index contributed by atoms with van der Waals surface area (Å²) in [6.45, 7) is 5.85. The molecule has 0 aromatic carbocycles. The van der Waals surface area contributed by atoms with Crippen LogP contribution in [0.3, 0.4) is 0 Å². The Labute approximate surface area is 167 Å². The fourth-order valence-electron chi connectivity index (χ4n) is 3.09. The standard InChI is InChI=1S/C18H28F2NO7P/c1-5-17(3,28-29(25,26)18(4,24)6-2)8-12-15(23)14(20)16(27-12)10-9-21-13(22)7-11(10)19/h7,9,12,14-16,23-24H,5-6,8H2,1-4H3,(H,21,22)(H,25,26). The minimum Gasteiger partial charge on any atom is -0.387 e. The van der Waals surface area contributed by atoms with Crippen molar-refractivity contribution in [3.8, 4) is 0 Å². The summed E-state index contributed by atoms with van der Waals surface area (Å²) in [5.74, 6) is -0.970. The first-order valence-electron chi connectivity index (χ1n) is 9.38. The Morgan fingerprint density at radius 3 is 2.48 bits per heavy atom. The van der Waals surface area contributed by atoms with Gasteiger partial charge >= 0.3 is 7.60 Å². The molecule has 2 heterocycles. The summed E-state index contributed by atoms with van der Waals surface area (Å²) in [7, 11) is -4.49. The molecule has 0 amide bonds. The van der Waals surface area contributed by atoms with Gasteiger partial charge in [0, 0.05) is 24.2 Å². The molecule has 0 spiro atoms. The van der Waals surface area contributed by atoms with Gasteiger partial charge in [-0.3, -0.25) is 9.36 Å². The third-order valence-corrected chi connectivity index (χ3v) is 7.75. The molecule has 1 aliphatic rings. The topological polar surface area (TPSA) is 129 Å². The predicted octanol–water partition coefficient (Wildman–Crippen LogP) is 2.53. The summed E-state index contributed by atoms with van der Waals surface area (Å²) in [5, 5.41) is 18.4. The largest absolute Gasteiger partial charge is 0.387 e. The fraction of sp³-hybridized carbons (Fsp3) is 0.722. The van der Waals surface area contributed by atoms with Gasteiger partial charge in [0.15, 0.2) is 11.5 Å². The number of hydrogen-bond donors (Lipinski definition) is 4. The molecule has 7 atom stereocenters. The first-order chi connectivity index (χ1) is 13.3. The summed E-state index contributed by atoms with van der Waals surface area (Å²) in [4.78, 5) is 23.6. The summed E-state index contributed by atoms with van der Waals surface area (Å²) in [6, 6.07) is 0.652. The number of aromatic nitrogens is 1. The van der Waals surface area contributed by atoms with Gasteiger partial charge in [0.25, 0.3) is 5.56 Å². The van der Waals surface area contributed by atoms with Crippen molar-refractivity contribution in [1.29, 1.82) is 0 Å². The van der Waals surface area contributed by atoms with Gasteiger partial charge in [0.2, 0.25) is 0 Å². The number of ether oxygens (including phenoxy) is 1. The van der Waals surface area contributed by atoms with Crippen molar-refractivity contribution in [3.63, 3.8) is 0 Å². The van der Waals surface area contributed by atoms with E-state index in [0.29, 0.717) is 6.07 Å². The van der Waals surface area contributed by atoms with Gasteiger partial charge in [0.05, 0.1) is 11.7 Å². The van der Waals surface area contributed by atoms with Gasteiger partial charge in [0.1, 0.15) is 18.0 Å². The first kappa shape index (κ1) is 24.1. The number of H-pyrrole nitrogens is 1. The highest BCUT2D eigenvalue weighted by atomic mass is 31.2. The van der Waals surface area contributed by atoms with E-state index >= 15 is 0 Å². The zero-order chi connectivity index (χ0) is 22.2. The highest BCUT2D eigenvalue weighted by Gasteiger charge is 2.51. The summed E-state index contributed by atoms with van der Waals surface area (Å²) < 4.78 is 52.1. The van der Waals surface area contributed by atoms with Gasteiger partial charge in [-0.1, -0.05) is 13.8 Å². The van der Waals surface area contributed by atoms with Crippen LogP contribution in [0, 0.1) is 5.82 Å². The second kappa shape index (κ2) is 8.53. The molecule has 0 bridgehead atoms. The lowest BCUT2D eigenvalue weighted by molar-refractivity contribution is -0.0535. The maximum absolute atomic E-state index is 14.6. The normalized spacial score (nSPS) is 31.1. The molecule has 8 nitrogen and oxygen atoms in total. The lowest BCUT2D eigenvalue weighted by Crippen LogP contribution is -2.39. The smallest absolute Gasteiger partial charge is 0.359 e. The molecule has 29 heavy (non-hydrogen) atoms. The number of halogens is 2. The quantitative estimate of drug-likeness (QED) is 0.458. The van der Waals surface area contributed by atoms with Gasteiger partial charge in [-0.05, 0) is 26.7 Å². The van der Waals surface area contributed by atoms with Crippen molar-refractivity contribution in [3.05, 3.63) is 34.0 Å². The zero-order valence-electron chi connectivity index (χ0n) is 16.8. The number of hydrogen-bond acceptors (Lipinski definition) is 6. The molecule has 166 valence electrons. The molecule has 4 N–H and O–H groups in total. The van der Waals surface area contributed by atoms with E-state index in [0.717, 1.165) is 6.20 Å². The van der Waals surface area contributed by atoms with E-state index in [2.05, 4.69) is 4.98 Å². The van der Waals surface area contributed by atoms with Crippen LogP contribution < -0.4 is 5.56 Å². The van der Waals surface area contributed by atoms with Crippen molar-refractivity contribution in [2.24, 2.45) is 0 Å². The van der Waals surface area contributed by atoms with Crippen molar-refractivity contribution in [1.82, 2.24) is 4.98 Å². The second-order valence-electron chi connectivity index (χ2n) is 7.82.